The Hall–Kier alpha value is -3.52. The van der Waals surface area contributed by atoms with Gasteiger partial charge in [0.25, 0.3) is 15.9 Å². The summed E-state index contributed by atoms with van der Waals surface area (Å²) in [6.45, 7) is 7.03. The second kappa shape index (κ2) is 13.3. The molecule has 1 atom stereocenters. The Bertz CT molecular complexity index is 1200. The second-order valence-electron chi connectivity index (χ2n) is 8.34. The number of carboxylic acids is 1. The smallest absolute Gasteiger partial charge is 0.490 e. The molecule has 38 heavy (non-hydrogen) atoms. The van der Waals surface area contributed by atoms with Gasteiger partial charge >= 0.3 is 12.1 Å². The van der Waals surface area contributed by atoms with Crippen LogP contribution in [0.5, 0.6) is 5.75 Å². The third kappa shape index (κ3) is 8.80. The number of halogens is 3. The fourth-order valence-electron chi connectivity index (χ4n) is 3.31. The first-order valence-electron chi connectivity index (χ1n) is 11.7. The van der Waals surface area contributed by atoms with E-state index in [1.165, 1.54) is 19.2 Å². The molecule has 210 valence electrons. The molecule has 0 aromatic heterocycles. The number of amides is 1. The topological polar surface area (TPSA) is 137 Å². The van der Waals surface area contributed by atoms with Crippen molar-refractivity contribution < 1.29 is 41.0 Å². The van der Waals surface area contributed by atoms with Crippen LogP contribution in [-0.2, 0) is 14.8 Å². The van der Waals surface area contributed by atoms with Crippen LogP contribution < -0.4 is 25.0 Å². The average Bonchev–Trinajstić information content (AvgIpc) is 2.88. The van der Waals surface area contributed by atoms with Crippen LogP contribution in [0.25, 0.3) is 0 Å². The number of nitrogens with one attached hydrogen (secondary N) is 3. The first-order chi connectivity index (χ1) is 17.8. The Kier molecular flexibility index (Phi) is 10.8. The molecule has 3 rings (SSSR count). The maximum absolute atomic E-state index is 13.1. The van der Waals surface area contributed by atoms with Crippen molar-refractivity contribution in [3.05, 3.63) is 48.0 Å². The third-order valence-electron chi connectivity index (χ3n) is 5.56. The van der Waals surface area contributed by atoms with Gasteiger partial charge in [0, 0.05) is 37.8 Å². The molecule has 0 radical (unpaired) electrons. The zero-order chi connectivity index (χ0) is 28.5. The highest BCUT2D eigenvalue weighted by Gasteiger charge is 2.38. The number of nitrogens with zero attached hydrogens (tertiary/aromatic N) is 1. The number of sulfonamides is 1. The van der Waals surface area contributed by atoms with Gasteiger partial charge < -0.3 is 25.4 Å². The average molecular weight is 561 g/mol. The minimum absolute atomic E-state index is 0.0276. The van der Waals surface area contributed by atoms with Gasteiger partial charge in [-0.25, -0.2) is 13.2 Å². The van der Waals surface area contributed by atoms with Gasteiger partial charge in [0.05, 0.1) is 23.4 Å². The standard InChI is InChI=1S/C22H30N4O4S.C2HF3O2/c1-4-16(2)24-22(27)17-5-10-21(26-13-11-23-12-14-26)20(15-17)25-31(28,29)19-8-6-18(30-3)7-9-19;3-2(4,5)1(6)7/h5-10,15-16,23,25H,4,11-14H2,1-3H3,(H,24,27);(H,6,7). The van der Waals surface area contributed by atoms with Gasteiger partial charge in [-0.1, -0.05) is 6.92 Å². The lowest BCUT2D eigenvalue weighted by atomic mass is 10.1. The minimum atomic E-state index is -5.08. The lowest BCUT2D eigenvalue weighted by molar-refractivity contribution is -0.192. The molecule has 2 aromatic rings. The van der Waals surface area contributed by atoms with Gasteiger partial charge in [0.2, 0.25) is 0 Å². The molecule has 1 heterocycles. The van der Waals surface area contributed by atoms with E-state index in [1.54, 1.807) is 24.3 Å². The fraction of sp³-hybridized carbons (Fsp3) is 0.417. The number of carbonyl (C=O) groups excluding carboxylic acids is 1. The van der Waals surface area contributed by atoms with Crippen molar-refractivity contribution in [1.82, 2.24) is 10.6 Å². The number of hydrogen-bond acceptors (Lipinski definition) is 7. The molecular formula is C24H31F3N4O6S. The normalized spacial score (nSPS) is 14.5. The van der Waals surface area contributed by atoms with Crippen LogP contribution in [0.3, 0.4) is 0 Å². The molecule has 0 aliphatic carbocycles. The first kappa shape index (κ1) is 30.7. The Morgan fingerprint density at radius 2 is 1.71 bits per heavy atom. The highest BCUT2D eigenvalue weighted by molar-refractivity contribution is 7.92. The van der Waals surface area contributed by atoms with E-state index >= 15 is 0 Å². The molecule has 14 heteroatoms. The number of alkyl halides is 3. The Morgan fingerprint density at radius 3 is 2.21 bits per heavy atom. The van der Waals surface area contributed by atoms with Crippen LogP contribution >= 0.6 is 0 Å². The van der Waals surface area contributed by atoms with Crippen molar-refractivity contribution in [2.24, 2.45) is 0 Å². The SMILES string of the molecule is CCC(C)NC(=O)c1ccc(N2CCNCC2)c(NS(=O)(=O)c2ccc(OC)cc2)c1.O=C(O)C(F)(F)F. The fourth-order valence-corrected chi connectivity index (χ4v) is 4.37. The second-order valence-corrected chi connectivity index (χ2v) is 10.0. The van der Waals surface area contributed by atoms with Crippen molar-refractivity contribution >= 4 is 33.3 Å². The van der Waals surface area contributed by atoms with Crippen LogP contribution in [0.1, 0.15) is 30.6 Å². The number of carboxylic acid groups (broad SMARTS) is 1. The van der Waals surface area contributed by atoms with Gasteiger partial charge in [-0.3, -0.25) is 9.52 Å². The molecule has 4 N–H and O–H groups in total. The maximum atomic E-state index is 13.1. The number of piperazine rings is 1. The predicted octanol–water partition coefficient (Wildman–Crippen LogP) is 3.07. The Morgan fingerprint density at radius 1 is 1.13 bits per heavy atom. The predicted molar refractivity (Wildman–Crippen MR) is 136 cm³/mol. The van der Waals surface area contributed by atoms with Crippen LogP contribution in [0.2, 0.25) is 0 Å². The van der Waals surface area contributed by atoms with E-state index in [1.807, 2.05) is 19.9 Å². The zero-order valence-electron chi connectivity index (χ0n) is 21.1. The van der Waals surface area contributed by atoms with Crippen LogP contribution in [0, 0.1) is 0 Å². The van der Waals surface area contributed by atoms with Crippen molar-refractivity contribution in [1.29, 1.82) is 0 Å². The largest absolute Gasteiger partial charge is 0.497 e. The van der Waals surface area contributed by atoms with Crippen LogP contribution in [0.4, 0.5) is 24.5 Å². The van der Waals surface area contributed by atoms with E-state index in [4.69, 9.17) is 14.6 Å². The summed E-state index contributed by atoms with van der Waals surface area (Å²) in [6.07, 6.45) is -4.28. The molecule has 1 amide bonds. The van der Waals surface area contributed by atoms with Crippen molar-refractivity contribution in [3.63, 3.8) is 0 Å². The number of carbonyl (C=O) groups is 2. The van der Waals surface area contributed by atoms with Gasteiger partial charge in [0.15, 0.2) is 0 Å². The van der Waals surface area contributed by atoms with E-state index in [0.717, 1.165) is 38.3 Å². The highest BCUT2D eigenvalue weighted by atomic mass is 32.2. The number of aliphatic carboxylic acids is 1. The third-order valence-corrected chi connectivity index (χ3v) is 6.94. The lowest BCUT2D eigenvalue weighted by Crippen LogP contribution is -2.43. The summed E-state index contributed by atoms with van der Waals surface area (Å²) in [5, 5.41) is 13.3. The summed E-state index contributed by atoms with van der Waals surface area (Å²) in [5.41, 5.74) is 1.54. The molecule has 1 aliphatic heterocycles. The van der Waals surface area contributed by atoms with Gasteiger partial charge in [0.1, 0.15) is 5.75 Å². The number of methoxy groups -OCH3 is 1. The molecule has 10 nitrogen and oxygen atoms in total. The number of hydrogen-bond donors (Lipinski definition) is 4. The summed E-state index contributed by atoms with van der Waals surface area (Å²) in [4.78, 5) is 23.8. The Labute approximate surface area is 219 Å². The molecule has 1 unspecified atom stereocenters. The highest BCUT2D eigenvalue weighted by Crippen LogP contribution is 2.30. The van der Waals surface area contributed by atoms with Crippen molar-refractivity contribution in [2.45, 2.75) is 37.4 Å². The molecule has 1 saturated heterocycles. The molecule has 1 aliphatic rings. The molecule has 0 bridgehead atoms. The number of rotatable bonds is 8. The molecule has 0 saturated carbocycles. The molecule has 2 aromatic carbocycles. The van der Waals surface area contributed by atoms with Crippen molar-refractivity contribution in [3.8, 4) is 5.75 Å². The lowest BCUT2D eigenvalue weighted by Gasteiger charge is -2.31. The molecule has 0 spiro atoms. The Balaban J connectivity index is 0.000000638. The number of benzene rings is 2. The summed E-state index contributed by atoms with van der Waals surface area (Å²) >= 11 is 0. The quantitative estimate of drug-likeness (QED) is 0.387. The zero-order valence-corrected chi connectivity index (χ0v) is 21.9. The molecular weight excluding hydrogens is 529 g/mol. The van der Waals surface area contributed by atoms with E-state index < -0.39 is 22.2 Å². The number of ether oxygens (including phenoxy) is 1. The maximum Gasteiger partial charge on any atom is 0.490 e. The van der Waals surface area contributed by atoms with E-state index in [2.05, 4.69) is 20.3 Å². The minimum Gasteiger partial charge on any atom is -0.497 e. The van der Waals surface area contributed by atoms with E-state index in [0.29, 0.717) is 17.0 Å². The van der Waals surface area contributed by atoms with Gasteiger partial charge in [-0.15, -0.1) is 0 Å². The summed E-state index contributed by atoms with van der Waals surface area (Å²) in [7, 11) is -2.32. The van der Waals surface area contributed by atoms with E-state index in [9.17, 15) is 26.4 Å². The summed E-state index contributed by atoms with van der Waals surface area (Å²) in [6, 6.07) is 11.4. The van der Waals surface area contributed by atoms with Gasteiger partial charge in [-0.2, -0.15) is 13.2 Å². The monoisotopic (exact) mass is 560 g/mol. The summed E-state index contributed by atoms with van der Waals surface area (Å²) < 4.78 is 65.7. The summed E-state index contributed by atoms with van der Waals surface area (Å²) in [5.74, 6) is -2.41. The molecule has 1 fully saturated rings. The number of anilines is 2. The van der Waals surface area contributed by atoms with Crippen LogP contribution in [-0.4, -0.2) is 70.9 Å². The first-order valence-corrected chi connectivity index (χ1v) is 13.1. The van der Waals surface area contributed by atoms with Gasteiger partial charge in [-0.05, 0) is 55.8 Å². The van der Waals surface area contributed by atoms with Crippen molar-refractivity contribution in [2.75, 3.05) is 42.9 Å². The van der Waals surface area contributed by atoms with Crippen LogP contribution in [0.15, 0.2) is 47.4 Å². The van der Waals surface area contributed by atoms with E-state index in [-0.39, 0.29) is 16.8 Å².